The molecule has 2 aromatic heterocycles. The number of aromatic nitrogens is 4. The lowest BCUT2D eigenvalue weighted by atomic mass is 10.1. The summed E-state index contributed by atoms with van der Waals surface area (Å²) in [5.41, 5.74) is 0.399. The van der Waals surface area contributed by atoms with E-state index in [4.69, 9.17) is 25.8 Å². The molecule has 1 saturated heterocycles. The number of halogens is 1. The smallest absolute Gasteiger partial charge is 0.365 e. The van der Waals surface area contributed by atoms with Crippen molar-refractivity contribution in [3.05, 3.63) is 11.6 Å². The molecule has 16 heteroatoms. The van der Waals surface area contributed by atoms with Gasteiger partial charge in [-0.2, -0.15) is 9.97 Å². The SMILES string of the molecule is CCOC(=O)[C@@H](OC[C@H]1O[C@@H](n2cnc3c(OCC)nc(Cl)nc32)[C@H](O)[C@@H]1O)P(=O)(O)O. The van der Waals surface area contributed by atoms with Crippen molar-refractivity contribution in [3.8, 4) is 5.88 Å². The maximum absolute atomic E-state index is 11.8. The second kappa shape index (κ2) is 9.93. The molecule has 32 heavy (non-hydrogen) atoms. The summed E-state index contributed by atoms with van der Waals surface area (Å²) in [5.74, 6) is -3.35. The van der Waals surface area contributed by atoms with Gasteiger partial charge in [0.2, 0.25) is 11.2 Å². The first-order valence-electron chi connectivity index (χ1n) is 9.46. The summed E-state index contributed by atoms with van der Waals surface area (Å²) in [6.07, 6.45) is -4.21. The van der Waals surface area contributed by atoms with E-state index in [0.717, 1.165) is 0 Å². The fraction of sp³-hybridized carbons (Fsp3) is 0.625. The molecule has 1 aliphatic heterocycles. The average molecular weight is 497 g/mol. The quantitative estimate of drug-likeness (QED) is 0.198. The molecule has 2 aromatic rings. The Morgan fingerprint density at radius 2 is 2.00 bits per heavy atom. The summed E-state index contributed by atoms with van der Waals surface area (Å²) >= 11 is 5.94. The van der Waals surface area contributed by atoms with Gasteiger partial charge in [0.15, 0.2) is 17.4 Å². The number of aliphatic hydroxyl groups excluding tert-OH is 2. The van der Waals surface area contributed by atoms with Gasteiger partial charge in [-0.25, -0.2) is 9.78 Å². The molecule has 4 N–H and O–H groups in total. The summed E-state index contributed by atoms with van der Waals surface area (Å²) in [4.78, 5) is 42.7. The maximum atomic E-state index is 11.8. The minimum atomic E-state index is -5.02. The molecule has 0 unspecified atom stereocenters. The molecule has 1 fully saturated rings. The Bertz CT molecular complexity index is 1020. The molecular formula is C16H22ClN4O10P. The normalized spacial score (nSPS) is 24.6. The van der Waals surface area contributed by atoms with Gasteiger partial charge in [-0.1, -0.05) is 0 Å². The van der Waals surface area contributed by atoms with Crippen molar-refractivity contribution in [2.24, 2.45) is 0 Å². The predicted molar refractivity (Wildman–Crippen MR) is 106 cm³/mol. The number of carbonyl (C=O) groups excluding carboxylic acids is 1. The Labute approximate surface area is 186 Å². The molecule has 0 bridgehead atoms. The van der Waals surface area contributed by atoms with Crippen molar-refractivity contribution in [3.63, 3.8) is 0 Å². The third-order valence-electron chi connectivity index (χ3n) is 4.47. The minimum absolute atomic E-state index is 0.119. The number of imidazole rings is 1. The fourth-order valence-corrected chi connectivity index (χ4v) is 3.87. The van der Waals surface area contributed by atoms with Gasteiger partial charge in [0.1, 0.15) is 18.3 Å². The fourth-order valence-electron chi connectivity index (χ4n) is 3.09. The van der Waals surface area contributed by atoms with Gasteiger partial charge in [-0.05, 0) is 25.4 Å². The van der Waals surface area contributed by atoms with Crippen LogP contribution in [0.25, 0.3) is 11.2 Å². The molecular weight excluding hydrogens is 475 g/mol. The van der Waals surface area contributed by atoms with Crippen LogP contribution in [-0.4, -0.2) is 89.5 Å². The first kappa shape index (κ1) is 24.7. The number of aliphatic hydroxyl groups is 2. The lowest BCUT2D eigenvalue weighted by molar-refractivity contribution is -0.155. The van der Waals surface area contributed by atoms with Crippen molar-refractivity contribution in [1.82, 2.24) is 19.5 Å². The molecule has 0 spiro atoms. The lowest BCUT2D eigenvalue weighted by Gasteiger charge is -2.20. The van der Waals surface area contributed by atoms with E-state index in [1.807, 2.05) is 0 Å². The highest BCUT2D eigenvalue weighted by atomic mass is 35.5. The maximum Gasteiger partial charge on any atom is 0.365 e. The van der Waals surface area contributed by atoms with E-state index in [1.165, 1.54) is 17.8 Å². The van der Waals surface area contributed by atoms with Crippen LogP contribution in [-0.2, 0) is 23.6 Å². The van der Waals surface area contributed by atoms with Crippen LogP contribution in [0.1, 0.15) is 20.1 Å². The molecule has 0 aliphatic carbocycles. The van der Waals surface area contributed by atoms with Gasteiger partial charge in [-0.3, -0.25) is 9.13 Å². The van der Waals surface area contributed by atoms with E-state index in [2.05, 4.69) is 19.7 Å². The zero-order valence-electron chi connectivity index (χ0n) is 16.9. The van der Waals surface area contributed by atoms with Gasteiger partial charge < -0.3 is 38.9 Å². The van der Waals surface area contributed by atoms with Crippen molar-refractivity contribution in [2.45, 2.75) is 44.2 Å². The Hall–Kier alpha value is -1.90. The second-order valence-electron chi connectivity index (χ2n) is 6.63. The van der Waals surface area contributed by atoms with Gasteiger partial charge in [-0.15, -0.1) is 0 Å². The van der Waals surface area contributed by atoms with Crippen molar-refractivity contribution in [1.29, 1.82) is 0 Å². The summed E-state index contributed by atoms with van der Waals surface area (Å²) in [7, 11) is -5.02. The Kier molecular flexibility index (Phi) is 7.68. The summed E-state index contributed by atoms with van der Waals surface area (Å²) < 4.78 is 33.5. The van der Waals surface area contributed by atoms with E-state index in [1.54, 1.807) is 6.92 Å². The lowest BCUT2D eigenvalue weighted by Crippen LogP contribution is -2.36. The third-order valence-corrected chi connectivity index (χ3v) is 5.61. The van der Waals surface area contributed by atoms with Crippen LogP contribution in [0.5, 0.6) is 5.88 Å². The van der Waals surface area contributed by atoms with Crippen LogP contribution in [0, 0.1) is 0 Å². The zero-order valence-corrected chi connectivity index (χ0v) is 18.6. The second-order valence-corrected chi connectivity index (χ2v) is 8.61. The van der Waals surface area contributed by atoms with E-state index in [9.17, 15) is 29.4 Å². The molecule has 0 amide bonds. The van der Waals surface area contributed by atoms with Gasteiger partial charge >= 0.3 is 13.6 Å². The molecule has 0 saturated carbocycles. The summed E-state index contributed by atoms with van der Waals surface area (Å²) in [6, 6.07) is 0. The molecule has 3 heterocycles. The van der Waals surface area contributed by atoms with E-state index >= 15 is 0 Å². The largest absolute Gasteiger partial charge is 0.476 e. The number of nitrogens with zero attached hydrogens (tertiary/aromatic N) is 4. The average Bonchev–Trinajstić information content (AvgIpc) is 3.23. The van der Waals surface area contributed by atoms with Crippen molar-refractivity contribution < 1.29 is 48.3 Å². The third kappa shape index (κ3) is 5.02. The van der Waals surface area contributed by atoms with E-state index in [-0.39, 0.29) is 35.5 Å². The van der Waals surface area contributed by atoms with Crippen LogP contribution in [0.15, 0.2) is 6.33 Å². The molecule has 178 valence electrons. The van der Waals surface area contributed by atoms with E-state index < -0.39 is 50.6 Å². The first-order valence-corrected chi connectivity index (χ1v) is 11.5. The number of rotatable bonds is 9. The van der Waals surface area contributed by atoms with Crippen molar-refractivity contribution in [2.75, 3.05) is 19.8 Å². The first-order chi connectivity index (χ1) is 15.1. The molecule has 0 aromatic carbocycles. The Morgan fingerprint density at radius 3 is 2.62 bits per heavy atom. The van der Waals surface area contributed by atoms with Gasteiger partial charge in [0.05, 0.1) is 26.1 Å². The number of ether oxygens (including phenoxy) is 4. The molecule has 0 radical (unpaired) electrons. The van der Waals surface area contributed by atoms with Crippen LogP contribution in [0.4, 0.5) is 0 Å². The monoisotopic (exact) mass is 496 g/mol. The molecule has 1 aliphatic rings. The van der Waals surface area contributed by atoms with Gasteiger partial charge in [0.25, 0.3) is 5.85 Å². The molecule has 14 nitrogen and oxygen atoms in total. The van der Waals surface area contributed by atoms with E-state index in [0.29, 0.717) is 0 Å². The van der Waals surface area contributed by atoms with Crippen LogP contribution < -0.4 is 4.74 Å². The predicted octanol–water partition coefficient (Wildman–Crippen LogP) is -0.419. The summed E-state index contributed by atoms with van der Waals surface area (Å²) in [5, 5.41) is 20.7. The van der Waals surface area contributed by atoms with Crippen molar-refractivity contribution >= 4 is 36.3 Å². The highest BCUT2D eigenvalue weighted by Gasteiger charge is 2.46. The molecule has 3 rings (SSSR count). The highest BCUT2D eigenvalue weighted by Crippen LogP contribution is 2.43. The number of fused-ring (bicyclic) bond motifs is 1. The topological polar surface area (TPSA) is 196 Å². The number of esters is 1. The highest BCUT2D eigenvalue weighted by molar-refractivity contribution is 7.53. The van der Waals surface area contributed by atoms with Crippen LogP contribution in [0.3, 0.4) is 0 Å². The van der Waals surface area contributed by atoms with Crippen LogP contribution in [0.2, 0.25) is 5.28 Å². The number of carbonyl (C=O) groups is 1. The molecule has 5 atom stereocenters. The van der Waals surface area contributed by atoms with Crippen LogP contribution >= 0.6 is 19.2 Å². The standard InChI is InChI=1S/C16H22ClN4O10P/c1-3-28-12-8-11(19-16(17)20-12)21(6-18-8)13-10(23)9(22)7(31-13)5-30-15(32(25,26)27)14(24)29-4-2/h6-7,9-10,13,15,22-23H,3-5H2,1-2H3,(H2,25,26,27)/t7-,9-,10-,13-,15+/m1/s1. The Morgan fingerprint density at radius 1 is 1.28 bits per heavy atom. The minimum Gasteiger partial charge on any atom is -0.476 e. The van der Waals surface area contributed by atoms with Gasteiger partial charge in [0, 0.05) is 0 Å². The number of hydrogen-bond donors (Lipinski definition) is 4. The summed E-state index contributed by atoms with van der Waals surface area (Å²) in [6.45, 7) is 2.74. The number of hydrogen-bond acceptors (Lipinski definition) is 11. The Balaban J connectivity index is 1.81. The zero-order chi connectivity index (χ0) is 23.6.